The molecule has 176 valence electrons. The number of hydrogen-bond donors (Lipinski definition) is 0. The molecule has 2 unspecified atom stereocenters. The molecule has 3 atom stereocenters. The fourth-order valence-electron chi connectivity index (χ4n) is 4.87. The van der Waals surface area contributed by atoms with Gasteiger partial charge in [0.05, 0.1) is 18.1 Å². The first kappa shape index (κ1) is 25.2. The van der Waals surface area contributed by atoms with Gasteiger partial charge in [-0.3, -0.25) is 0 Å². The molecule has 2 aliphatic rings. The molecule has 2 aliphatic heterocycles. The van der Waals surface area contributed by atoms with Crippen LogP contribution in [0, 0.1) is 0 Å². The van der Waals surface area contributed by atoms with Crippen molar-refractivity contribution in [3.05, 3.63) is 54.1 Å². The van der Waals surface area contributed by atoms with Gasteiger partial charge >= 0.3 is 0 Å². The van der Waals surface area contributed by atoms with Gasteiger partial charge in [0.1, 0.15) is 0 Å². The smallest absolute Gasteiger partial charge is 0.243 e. The third kappa shape index (κ3) is 5.37. The molecule has 0 amide bonds. The summed E-state index contributed by atoms with van der Waals surface area (Å²) in [4.78, 5) is 2.91. The zero-order valence-corrected chi connectivity index (χ0v) is 20.9. The molecular weight excluding hydrogens is 444 g/mol. The predicted octanol–water partition coefficient (Wildman–Crippen LogP) is 4.60. The number of nitrogens with zero attached hydrogens (tertiary/aromatic N) is 2. The van der Waals surface area contributed by atoms with E-state index < -0.39 is 10.0 Å². The highest BCUT2D eigenvalue weighted by Crippen LogP contribution is 2.27. The summed E-state index contributed by atoms with van der Waals surface area (Å²) < 4.78 is 33.4. The van der Waals surface area contributed by atoms with Gasteiger partial charge in [-0.15, -0.1) is 12.4 Å². The molecule has 2 heterocycles. The van der Waals surface area contributed by atoms with Crippen molar-refractivity contribution in [1.82, 2.24) is 9.21 Å². The van der Waals surface area contributed by atoms with Gasteiger partial charge in [0, 0.05) is 24.7 Å². The van der Waals surface area contributed by atoms with Crippen molar-refractivity contribution in [2.45, 2.75) is 63.1 Å². The van der Waals surface area contributed by atoms with E-state index in [-0.39, 0.29) is 24.5 Å². The van der Waals surface area contributed by atoms with Gasteiger partial charge in [-0.25, -0.2) is 8.42 Å². The summed E-state index contributed by atoms with van der Waals surface area (Å²) in [6.45, 7) is 9.32. The molecule has 0 aromatic heterocycles. The maximum atomic E-state index is 13.2. The van der Waals surface area contributed by atoms with Crippen LogP contribution < -0.4 is 0 Å². The van der Waals surface area contributed by atoms with Gasteiger partial charge < -0.3 is 9.64 Å². The molecule has 7 heteroatoms. The standard InChI is InChI=1S/C25H34N2O3S.ClH/c1-19-5-4-15-26(19)16-14-22-6-8-23(9-7-22)24-10-12-25(13-11-24)31(28,29)27-20(2)17-30-18-21(27)3;/h6-13,19-21H,4-5,14-18H2,1-3H3;1H/t19-,20?,21?;/m1./s1. The molecule has 2 saturated heterocycles. The average Bonchev–Trinajstić information content (AvgIpc) is 3.17. The lowest BCUT2D eigenvalue weighted by Crippen LogP contribution is -2.52. The monoisotopic (exact) mass is 478 g/mol. The van der Waals surface area contributed by atoms with E-state index in [0.29, 0.717) is 24.2 Å². The number of ether oxygens (including phenoxy) is 1. The third-order valence-electron chi connectivity index (χ3n) is 6.68. The van der Waals surface area contributed by atoms with E-state index in [9.17, 15) is 8.42 Å². The van der Waals surface area contributed by atoms with Crippen LogP contribution in [0.2, 0.25) is 0 Å². The lowest BCUT2D eigenvalue weighted by Gasteiger charge is -2.37. The zero-order valence-electron chi connectivity index (χ0n) is 19.2. The Hall–Kier alpha value is -1.44. The molecule has 0 aliphatic carbocycles. The van der Waals surface area contributed by atoms with E-state index in [1.165, 1.54) is 24.9 Å². The second kappa shape index (κ2) is 10.7. The Morgan fingerprint density at radius 1 is 0.875 bits per heavy atom. The van der Waals surface area contributed by atoms with Gasteiger partial charge in [0.25, 0.3) is 0 Å². The Morgan fingerprint density at radius 2 is 1.44 bits per heavy atom. The topological polar surface area (TPSA) is 49.9 Å². The Labute approximate surface area is 199 Å². The van der Waals surface area contributed by atoms with E-state index in [2.05, 4.69) is 36.1 Å². The molecule has 2 aromatic carbocycles. The second-order valence-electron chi connectivity index (χ2n) is 9.07. The molecule has 4 rings (SSSR count). The van der Waals surface area contributed by atoms with Crippen molar-refractivity contribution >= 4 is 22.4 Å². The summed E-state index contributed by atoms with van der Waals surface area (Å²) in [6.07, 6.45) is 3.70. The number of sulfonamides is 1. The summed E-state index contributed by atoms with van der Waals surface area (Å²) in [7, 11) is -3.54. The second-order valence-corrected chi connectivity index (χ2v) is 10.9. The minimum Gasteiger partial charge on any atom is -0.378 e. The fourth-order valence-corrected chi connectivity index (χ4v) is 6.66. The van der Waals surface area contributed by atoms with Crippen molar-refractivity contribution in [3.8, 4) is 11.1 Å². The summed E-state index contributed by atoms with van der Waals surface area (Å²) in [5, 5.41) is 0. The highest BCUT2D eigenvalue weighted by molar-refractivity contribution is 7.89. The lowest BCUT2D eigenvalue weighted by molar-refractivity contribution is 0.00636. The Bertz CT molecular complexity index is 969. The number of halogens is 1. The molecule has 0 radical (unpaired) electrons. The normalized spacial score (nSPS) is 24.9. The Balaban J connectivity index is 0.00000289. The number of likely N-dealkylation sites (tertiary alicyclic amines) is 1. The van der Waals surface area contributed by atoms with Crippen molar-refractivity contribution in [1.29, 1.82) is 0 Å². The molecule has 0 N–H and O–H groups in total. The van der Waals surface area contributed by atoms with Crippen LogP contribution in [-0.2, 0) is 21.2 Å². The maximum absolute atomic E-state index is 13.2. The molecular formula is C25H35ClN2O3S. The summed E-state index contributed by atoms with van der Waals surface area (Å²) in [5.41, 5.74) is 3.48. The average molecular weight is 479 g/mol. The van der Waals surface area contributed by atoms with Crippen LogP contribution >= 0.6 is 12.4 Å². The minimum absolute atomic E-state index is 0. The number of rotatable bonds is 6. The van der Waals surface area contributed by atoms with Crippen LogP contribution in [0.4, 0.5) is 0 Å². The maximum Gasteiger partial charge on any atom is 0.243 e. The molecule has 5 nitrogen and oxygen atoms in total. The van der Waals surface area contributed by atoms with Crippen molar-refractivity contribution < 1.29 is 13.2 Å². The predicted molar refractivity (Wildman–Crippen MR) is 132 cm³/mol. The van der Waals surface area contributed by atoms with Crippen LogP contribution in [0.25, 0.3) is 11.1 Å². The van der Waals surface area contributed by atoms with Gasteiger partial charge in [-0.2, -0.15) is 4.31 Å². The van der Waals surface area contributed by atoms with E-state index in [4.69, 9.17) is 4.74 Å². The Morgan fingerprint density at radius 3 is 1.97 bits per heavy atom. The van der Waals surface area contributed by atoms with Crippen LogP contribution in [-0.4, -0.2) is 62.1 Å². The highest BCUT2D eigenvalue weighted by Gasteiger charge is 2.36. The first-order chi connectivity index (χ1) is 14.9. The van der Waals surface area contributed by atoms with Crippen molar-refractivity contribution in [2.75, 3.05) is 26.3 Å². The first-order valence-electron chi connectivity index (χ1n) is 11.4. The van der Waals surface area contributed by atoms with Gasteiger partial charge in [-0.05, 0) is 75.4 Å². The van der Waals surface area contributed by atoms with Crippen LogP contribution in [0.1, 0.15) is 39.2 Å². The molecule has 32 heavy (non-hydrogen) atoms. The lowest BCUT2D eigenvalue weighted by atomic mass is 10.0. The molecule has 0 bridgehead atoms. The van der Waals surface area contributed by atoms with Crippen LogP contribution in [0.15, 0.2) is 53.4 Å². The molecule has 2 aromatic rings. The molecule has 2 fully saturated rings. The van der Waals surface area contributed by atoms with Gasteiger partial charge in [0.15, 0.2) is 0 Å². The molecule has 0 saturated carbocycles. The van der Waals surface area contributed by atoms with Gasteiger partial charge in [0.2, 0.25) is 10.0 Å². The quantitative estimate of drug-likeness (QED) is 0.608. The summed E-state index contributed by atoms with van der Waals surface area (Å²) >= 11 is 0. The van der Waals surface area contributed by atoms with E-state index >= 15 is 0 Å². The first-order valence-corrected chi connectivity index (χ1v) is 12.8. The van der Waals surface area contributed by atoms with Crippen LogP contribution in [0.5, 0.6) is 0 Å². The minimum atomic E-state index is -3.54. The summed E-state index contributed by atoms with van der Waals surface area (Å²) in [5.74, 6) is 0. The largest absolute Gasteiger partial charge is 0.378 e. The van der Waals surface area contributed by atoms with Crippen molar-refractivity contribution in [2.24, 2.45) is 0 Å². The van der Waals surface area contributed by atoms with E-state index in [1.807, 2.05) is 26.0 Å². The fraction of sp³-hybridized carbons (Fsp3) is 0.520. The van der Waals surface area contributed by atoms with Crippen LogP contribution in [0.3, 0.4) is 0 Å². The third-order valence-corrected chi connectivity index (χ3v) is 8.82. The van der Waals surface area contributed by atoms with Gasteiger partial charge in [-0.1, -0.05) is 36.4 Å². The van der Waals surface area contributed by atoms with E-state index in [1.54, 1.807) is 16.4 Å². The van der Waals surface area contributed by atoms with Crippen molar-refractivity contribution in [3.63, 3.8) is 0 Å². The zero-order chi connectivity index (χ0) is 22.0. The number of hydrogen-bond acceptors (Lipinski definition) is 4. The number of morpholine rings is 1. The van der Waals surface area contributed by atoms with E-state index in [0.717, 1.165) is 24.1 Å². The Kier molecular flexibility index (Phi) is 8.39. The SMILES string of the molecule is CC1COCC(C)N1S(=O)(=O)c1ccc(-c2ccc(CCN3CCC[C@H]3C)cc2)cc1.Cl. The summed E-state index contributed by atoms with van der Waals surface area (Å²) in [6, 6.07) is 16.3. The number of benzene rings is 2. The highest BCUT2D eigenvalue weighted by atomic mass is 35.5. The molecule has 0 spiro atoms.